The second-order valence-corrected chi connectivity index (χ2v) is 5.70. The summed E-state index contributed by atoms with van der Waals surface area (Å²) in [6.07, 6.45) is 6.80. The number of nitrogens with zero attached hydrogens (tertiary/aromatic N) is 1. The molecule has 1 saturated heterocycles. The van der Waals surface area contributed by atoms with Gasteiger partial charge in [-0.2, -0.15) is 0 Å². The van der Waals surface area contributed by atoms with Gasteiger partial charge in [-0.3, -0.25) is 9.59 Å². The van der Waals surface area contributed by atoms with Gasteiger partial charge < -0.3 is 10.2 Å². The molecule has 4 heteroatoms. The maximum Gasteiger partial charge on any atom is 0.245 e. The van der Waals surface area contributed by atoms with E-state index in [0.29, 0.717) is 31.8 Å². The molecule has 0 radical (unpaired) electrons. The van der Waals surface area contributed by atoms with Gasteiger partial charge in [0.15, 0.2) is 0 Å². The first kappa shape index (κ1) is 14.9. The summed E-state index contributed by atoms with van der Waals surface area (Å²) >= 11 is 0. The van der Waals surface area contributed by atoms with Gasteiger partial charge in [-0.1, -0.05) is 19.3 Å². The molecule has 1 N–H and O–H groups in total. The lowest BCUT2D eigenvalue weighted by atomic mass is 9.83. The zero-order chi connectivity index (χ0) is 14.4. The standard InChI is InChI=1S/C16H24N2O2/c1-2-3-7-11-18-12-10-14(19)17-15(16(18)20)13-8-5-4-6-9-13/h13,15H,4-12H2,1H3,(H,17,19). The highest BCUT2D eigenvalue weighted by Crippen LogP contribution is 2.28. The summed E-state index contributed by atoms with van der Waals surface area (Å²) in [5.74, 6) is 6.27. The van der Waals surface area contributed by atoms with Crippen LogP contribution in [0.15, 0.2) is 0 Å². The lowest BCUT2D eigenvalue weighted by molar-refractivity contribution is -0.135. The van der Waals surface area contributed by atoms with Crippen molar-refractivity contribution in [2.45, 2.75) is 57.9 Å². The van der Waals surface area contributed by atoms with E-state index < -0.39 is 0 Å². The van der Waals surface area contributed by atoms with Gasteiger partial charge in [0.2, 0.25) is 11.8 Å². The molecule has 1 atom stereocenters. The van der Waals surface area contributed by atoms with Crippen LogP contribution in [0.4, 0.5) is 0 Å². The largest absolute Gasteiger partial charge is 0.344 e. The van der Waals surface area contributed by atoms with Crippen molar-refractivity contribution in [1.29, 1.82) is 0 Å². The Labute approximate surface area is 121 Å². The SMILES string of the molecule is CC#CCCN1CCC(=O)NC(C2CCCCC2)C1=O. The van der Waals surface area contributed by atoms with Crippen molar-refractivity contribution >= 4 is 11.8 Å². The molecule has 1 unspecified atom stereocenters. The van der Waals surface area contributed by atoms with Crippen molar-refractivity contribution in [2.24, 2.45) is 5.92 Å². The molecule has 1 aliphatic carbocycles. The van der Waals surface area contributed by atoms with Gasteiger partial charge in [-0.25, -0.2) is 0 Å². The molecule has 0 bridgehead atoms. The molecule has 2 fully saturated rings. The molecule has 1 aliphatic heterocycles. The summed E-state index contributed by atoms with van der Waals surface area (Å²) in [6.45, 7) is 2.97. The molecular weight excluding hydrogens is 252 g/mol. The van der Waals surface area contributed by atoms with Crippen LogP contribution in [0, 0.1) is 17.8 Å². The van der Waals surface area contributed by atoms with E-state index in [1.54, 1.807) is 6.92 Å². The Bertz CT molecular complexity index is 416. The van der Waals surface area contributed by atoms with Crippen LogP contribution in [0.2, 0.25) is 0 Å². The predicted octanol–water partition coefficient (Wildman–Crippen LogP) is 1.70. The second kappa shape index (κ2) is 7.33. The zero-order valence-corrected chi connectivity index (χ0v) is 12.3. The van der Waals surface area contributed by atoms with E-state index in [1.165, 1.54) is 19.3 Å². The first-order chi connectivity index (χ1) is 9.72. The average molecular weight is 276 g/mol. The van der Waals surface area contributed by atoms with Gasteiger partial charge in [-0.15, -0.1) is 11.8 Å². The third-order valence-corrected chi connectivity index (χ3v) is 4.31. The molecule has 4 nitrogen and oxygen atoms in total. The van der Waals surface area contributed by atoms with E-state index in [4.69, 9.17) is 0 Å². The smallest absolute Gasteiger partial charge is 0.245 e. The Hall–Kier alpha value is -1.50. The van der Waals surface area contributed by atoms with Crippen LogP contribution in [0.3, 0.4) is 0 Å². The number of amides is 2. The normalized spacial score (nSPS) is 24.6. The quantitative estimate of drug-likeness (QED) is 0.798. The number of carbonyl (C=O) groups excluding carboxylic acids is 2. The van der Waals surface area contributed by atoms with Gasteiger partial charge in [0, 0.05) is 25.9 Å². The summed E-state index contributed by atoms with van der Waals surface area (Å²) in [7, 11) is 0. The van der Waals surface area contributed by atoms with Crippen LogP contribution in [0.1, 0.15) is 51.9 Å². The van der Waals surface area contributed by atoms with E-state index in [9.17, 15) is 9.59 Å². The summed E-state index contributed by atoms with van der Waals surface area (Å²) in [6, 6.07) is -0.306. The van der Waals surface area contributed by atoms with Crippen molar-refractivity contribution in [2.75, 3.05) is 13.1 Å². The Morgan fingerprint density at radius 2 is 2.00 bits per heavy atom. The molecule has 1 saturated carbocycles. The monoisotopic (exact) mass is 276 g/mol. The lowest BCUT2D eigenvalue weighted by Crippen LogP contribution is -2.49. The third-order valence-electron chi connectivity index (χ3n) is 4.31. The molecule has 0 aromatic heterocycles. The van der Waals surface area contributed by atoms with E-state index in [1.807, 2.05) is 4.90 Å². The molecule has 2 amide bonds. The van der Waals surface area contributed by atoms with Crippen LogP contribution >= 0.6 is 0 Å². The third kappa shape index (κ3) is 3.75. The maximum atomic E-state index is 12.6. The van der Waals surface area contributed by atoms with Gasteiger partial charge in [-0.05, 0) is 25.7 Å². The lowest BCUT2D eigenvalue weighted by Gasteiger charge is -2.31. The Balaban J connectivity index is 2.04. The van der Waals surface area contributed by atoms with Crippen molar-refractivity contribution < 1.29 is 9.59 Å². The van der Waals surface area contributed by atoms with Crippen molar-refractivity contribution in [3.8, 4) is 11.8 Å². The number of carbonyl (C=O) groups is 2. The van der Waals surface area contributed by atoms with Gasteiger partial charge in [0.25, 0.3) is 0 Å². The van der Waals surface area contributed by atoms with Gasteiger partial charge >= 0.3 is 0 Å². The zero-order valence-electron chi connectivity index (χ0n) is 12.3. The minimum Gasteiger partial charge on any atom is -0.344 e. The van der Waals surface area contributed by atoms with E-state index in [0.717, 1.165) is 12.8 Å². The first-order valence-electron chi connectivity index (χ1n) is 7.70. The first-order valence-corrected chi connectivity index (χ1v) is 7.70. The molecule has 2 rings (SSSR count). The Morgan fingerprint density at radius 1 is 1.25 bits per heavy atom. The van der Waals surface area contributed by atoms with Crippen molar-refractivity contribution in [1.82, 2.24) is 10.2 Å². The number of nitrogens with one attached hydrogen (secondary N) is 1. The van der Waals surface area contributed by atoms with Crippen LogP contribution in [-0.2, 0) is 9.59 Å². The number of rotatable bonds is 3. The summed E-state index contributed by atoms with van der Waals surface area (Å²) < 4.78 is 0. The molecule has 20 heavy (non-hydrogen) atoms. The molecule has 2 aliphatic rings. The predicted molar refractivity (Wildman–Crippen MR) is 77.8 cm³/mol. The summed E-state index contributed by atoms with van der Waals surface area (Å²) in [5.41, 5.74) is 0. The molecule has 1 heterocycles. The number of hydrogen-bond donors (Lipinski definition) is 1. The molecule has 0 spiro atoms. The van der Waals surface area contributed by atoms with E-state index >= 15 is 0 Å². The average Bonchev–Trinajstić information content (AvgIpc) is 2.61. The molecular formula is C16H24N2O2. The highest BCUT2D eigenvalue weighted by atomic mass is 16.2. The fourth-order valence-corrected chi connectivity index (χ4v) is 3.18. The molecule has 0 aromatic carbocycles. The molecule has 0 aromatic rings. The van der Waals surface area contributed by atoms with Crippen molar-refractivity contribution in [3.05, 3.63) is 0 Å². The van der Waals surface area contributed by atoms with E-state index in [2.05, 4.69) is 17.2 Å². The van der Waals surface area contributed by atoms with Crippen LogP contribution < -0.4 is 5.32 Å². The number of hydrogen-bond acceptors (Lipinski definition) is 2. The van der Waals surface area contributed by atoms with Crippen LogP contribution in [-0.4, -0.2) is 35.8 Å². The minimum atomic E-state index is -0.306. The maximum absolute atomic E-state index is 12.6. The minimum absolute atomic E-state index is 0.0120. The van der Waals surface area contributed by atoms with Gasteiger partial charge in [0.1, 0.15) is 6.04 Å². The fraction of sp³-hybridized carbons (Fsp3) is 0.750. The van der Waals surface area contributed by atoms with Crippen LogP contribution in [0.25, 0.3) is 0 Å². The molecule has 110 valence electrons. The fourth-order valence-electron chi connectivity index (χ4n) is 3.18. The second-order valence-electron chi connectivity index (χ2n) is 5.70. The Kier molecular flexibility index (Phi) is 5.46. The van der Waals surface area contributed by atoms with E-state index in [-0.39, 0.29) is 17.9 Å². The Morgan fingerprint density at radius 3 is 2.70 bits per heavy atom. The van der Waals surface area contributed by atoms with Crippen molar-refractivity contribution in [3.63, 3.8) is 0 Å². The van der Waals surface area contributed by atoms with Crippen LogP contribution in [0.5, 0.6) is 0 Å². The van der Waals surface area contributed by atoms with Gasteiger partial charge in [0.05, 0.1) is 0 Å². The topological polar surface area (TPSA) is 49.4 Å². The summed E-state index contributed by atoms with van der Waals surface area (Å²) in [5, 5.41) is 2.95. The highest BCUT2D eigenvalue weighted by molar-refractivity contribution is 5.90. The highest BCUT2D eigenvalue weighted by Gasteiger charge is 2.35. The summed E-state index contributed by atoms with van der Waals surface area (Å²) in [4.78, 5) is 26.3.